The summed E-state index contributed by atoms with van der Waals surface area (Å²) in [6.45, 7) is 0. The Morgan fingerprint density at radius 2 is 1.95 bits per heavy atom. The molecular weight excluding hydrogens is 251 g/mol. The zero-order chi connectivity index (χ0) is 14.0. The number of nitrogens with two attached hydrogens (primary N) is 1. The summed E-state index contributed by atoms with van der Waals surface area (Å²) in [4.78, 5) is 23.6. The fourth-order valence-electron chi connectivity index (χ4n) is 2.39. The maximum absolute atomic E-state index is 13.2. The van der Waals surface area contributed by atoms with Crippen molar-refractivity contribution in [2.24, 2.45) is 5.73 Å². The largest absolute Gasteiger partial charge is 0.504 e. The van der Waals surface area contributed by atoms with Gasteiger partial charge in [-0.1, -0.05) is 18.9 Å². The van der Waals surface area contributed by atoms with Crippen LogP contribution in [-0.4, -0.2) is 22.5 Å². The lowest BCUT2D eigenvalue weighted by Gasteiger charge is -2.26. The van der Waals surface area contributed by atoms with Gasteiger partial charge in [0, 0.05) is 0 Å². The number of phenols is 1. The maximum Gasteiger partial charge on any atom is 0.256 e. The predicted octanol–water partition coefficient (Wildman–Crippen LogP) is 1.06. The van der Waals surface area contributed by atoms with Gasteiger partial charge in [-0.3, -0.25) is 9.59 Å². The molecule has 19 heavy (non-hydrogen) atoms. The van der Waals surface area contributed by atoms with Gasteiger partial charge in [0.15, 0.2) is 11.6 Å². The van der Waals surface area contributed by atoms with Crippen LogP contribution in [0.4, 0.5) is 4.39 Å². The number of carbonyl (C=O) groups is 2. The molecule has 2 rings (SSSR count). The number of hydrogen-bond acceptors (Lipinski definition) is 3. The van der Waals surface area contributed by atoms with Crippen LogP contribution in [0.3, 0.4) is 0 Å². The topological polar surface area (TPSA) is 92.4 Å². The van der Waals surface area contributed by atoms with Crippen LogP contribution >= 0.6 is 0 Å². The number of hydrogen-bond donors (Lipinski definition) is 3. The summed E-state index contributed by atoms with van der Waals surface area (Å²) < 4.78 is 13.2. The van der Waals surface area contributed by atoms with Crippen LogP contribution in [0.25, 0.3) is 0 Å². The van der Waals surface area contributed by atoms with E-state index in [2.05, 4.69) is 5.32 Å². The van der Waals surface area contributed by atoms with E-state index in [0.29, 0.717) is 12.8 Å². The molecule has 0 saturated heterocycles. The molecule has 1 aliphatic carbocycles. The van der Waals surface area contributed by atoms with Crippen molar-refractivity contribution in [3.8, 4) is 5.75 Å². The third kappa shape index (κ3) is 2.38. The predicted molar refractivity (Wildman–Crippen MR) is 65.9 cm³/mol. The van der Waals surface area contributed by atoms with Crippen molar-refractivity contribution in [2.75, 3.05) is 0 Å². The fraction of sp³-hybridized carbons (Fsp3) is 0.385. The highest BCUT2D eigenvalue weighted by molar-refractivity contribution is 6.00. The molecule has 0 aromatic heterocycles. The molecular formula is C13H15FN2O3. The molecule has 0 radical (unpaired) electrons. The lowest BCUT2D eigenvalue weighted by Crippen LogP contribution is -2.55. The highest BCUT2D eigenvalue weighted by Crippen LogP contribution is 2.30. The van der Waals surface area contributed by atoms with E-state index in [0.717, 1.165) is 18.9 Å². The van der Waals surface area contributed by atoms with Gasteiger partial charge in [-0.05, 0) is 25.0 Å². The summed E-state index contributed by atoms with van der Waals surface area (Å²) in [7, 11) is 0. The van der Waals surface area contributed by atoms with Gasteiger partial charge < -0.3 is 16.2 Å². The second-order valence-corrected chi connectivity index (χ2v) is 4.74. The zero-order valence-corrected chi connectivity index (χ0v) is 10.3. The minimum atomic E-state index is -1.09. The van der Waals surface area contributed by atoms with Gasteiger partial charge >= 0.3 is 0 Å². The molecule has 0 spiro atoms. The first-order valence-corrected chi connectivity index (χ1v) is 6.06. The normalized spacial score (nSPS) is 17.1. The third-order valence-corrected chi connectivity index (χ3v) is 3.51. The molecule has 4 N–H and O–H groups in total. The Hall–Kier alpha value is -2.11. The molecule has 1 aliphatic rings. The molecule has 0 unspecified atom stereocenters. The van der Waals surface area contributed by atoms with E-state index in [1.807, 2.05) is 0 Å². The molecule has 5 nitrogen and oxygen atoms in total. The van der Waals surface area contributed by atoms with Crippen molar-refractivity contribution in [3.05, 3.63) is 29.6 Å². The SMILES string of the molecule is NC(=O)C1(NC(=O)c2cccc(F)c2O)CCCC1. The Bertz CT molecular complexity index is 525. The molecule has 1 aromatic rings. The molecule has 1 aromatic carbocycles. The van der Waals surface area contributed by atoms with Crippen molar-refractivity contribution in [1.82, 2.24) is 5.32 Å². The van der Waals surface area contributed by atoms with Crippen molar-refractivity contribution in [2.45, 2.75) is 31.2 Å². The number of phenolic OH excluding ortho intramolecular Hbond substituents is 1. The first-order valence-electron chi connectivity index (χ1n) is 6.06. The lowest BCUT2D eigenvalue weighted by molar-refractivity contribution is -0.123. The summed E-state index contributed by atoms with van der Waals surface area (Å²) >= 11 is 0. The Morgan fingerprint density at radius 1 is 1.32 bits per heavy atom. The van der Waals surface area contributed by atoms with E-state index in [4.69, 9.17) is 5.73 Å². The lowest BCUT2D eigenvalue weighted by atomic mass is 9.96. The van der Waals surface area contributed by atoms with Crippen LogP contribution in [-0.2, 0) is 4.79 Å². The minimum absolute atomic E-state index is 0.201. The van der Waals surface area contributed by atoms with Crippen molar-refractivity contribution in [1.29, 1.82) is 0 Å². The molecule has 1 fully saturated rings. The van der Waals surface area contributed by atoms with Gasteiger partial charge in [0.05, 0.1) is 5.56 Å². The second-order valence-electron chi connectivity index (χ2n) is 4.74. The van der Waals surface area contributed by atoms with E-state index < -0.39 is 28.9 Å². The summed E-state index contributed by atoms with van der Waals surface area (Å²) in [5.41, 5.74) is 4.05. The number of nitrogens with one attached hydrogen (secondary N) is 1. The molecule has 0 aliphatic heterocycles. The molecule has 1 saturated carbocycles. The van der Waals surface area contributed by atoms with Crippen LogP contribution in [0.1, 0.15) is 36.0 Å². The number of rotatable bonds is 3. The molecule has 2 amide bonds. The van der Waals surface area contributed by atoms with Crippen LogP contribution < -0.4 is 11.1 Å². The van der Waals surface area contributed by atoms with Gasteiger partial charge in [-0.15, -0.1) is 0 Å². The Balaban J connectivity index is 2.25. The van der Waals surface area contributed by atoms with Gasteiger partial charge in [-0.25, -0.2) is 4.39 Å². The van der Waals surface area contributed by atoms with Gasteiger partial charge in [-0.2, -0.15) is 0 Å². The third-order valence-electron chi connectivity index (χ3n) is 3.51. The van der Waals surface area contributed by atoms with E-state index in [1.165, 1.54) is 12.1 Å². The van der Waals surface area contributed by atoms with E-state index in [9.17, 15) is 19.1 Å². The average molecular weight is 266 g/mol. The summed E-state index contributed by atoms with van der Waals surface area (Å²) in [6.07, 6.45) is 2.50. The monoisotopic (exact) mass is 266 g/mol. The molecule has 6 heteroatoms. The van der Waals surface area contributed by atoms with Crippen LogP contribution in [0, 0.1) is 5.82 Å². The zero-order valence-electron chi connectivity index (χ0n) is 10.3. The highest BCUT2D eigenvalue weighted by Gasteiger charge is 2.41. The summed E-state index contributed by atoms with van der Waals surface area (Å²) in [6, 6.07) is 3.65. The van der Waals surface area contributed by atoms with Crippen molar-refractivity contribution >= 4 is 11.8 Å². The molecule has 0 bridgehead atoms. The maximum atomic E-state index is 13.2. The summed E-state index contributed by atoms with van der Waals surface area (Å²) in [5.74, 6) is -2.91. The molecule has 102 valence electrons. The highest BCUT2D eigenvalue weighted by atomic mass is 19.1. The first-order chi connectivity index (χ1) is 8.96. The summed E-state index contributed by atoms with van der Waals surface area (Å²) in [5, 5.41) is 12.0. The number of amides is 2. The van der Waals surface area contributed by atoms with Crippen LogP contribution in [0.5, 0.6) is 5.75 Å². The minimum Gasteiger partial charge on any atom is -0.504 e. The van der Waals surface area contributed by atoms with E-state index in [1.54, 1.807) is 0 Å². The van der Waals surface area contributed by atoms with Gasteiger partial charge in [0.1, 0.15) is 5.54 Å². The van der Waals surface area contributed by atoms with E-state index in [-0.39, 0.29) is 5.56 Å². The Kier molecular flexibility index (Phi) is 3.42. The molecule has 0 heterocycles. The van der Waals surface area contributed by atoms with Crippen molar-refractivity contribution in [3.63, 3.8) is 0 Å². The van der Waals surface area contributed by atoms with Crippen LogP contribution in [0.15, 0.2) is 18.2 Å². The van der Waals surface area contributed by atoms with E-state index >= 15 is 0 Å². The van der Waals surface area contributed by atoms with Crippen LogP contribution in [0.2, 0.25) is 0 Å². The standard InChI is InChI=1S/C13H15FN2O3/c14-9-5-3-4-8(10(9)17)11(18)16-13(12(15)19)6-1-2-7-13/h3-5,17H,1-2,6-7H2,(H2,15,19)(H,16,18). The quantitative estimate of drug-likeness (QED) is 0.763. The first kappa shape index (κ1) is 13.3. The van der Waals surface area contributed by atoms with Crippen molar-refractivity contribution < 1.29 is 19.1 Å². The van der Waals surface area contributed by atoms with Gasteiger partial charge in [0.25, 0.3) is 5.91 Å². The number of para-hydroxylation sites is 1. The Morgan fingerprint density at radius 3 is 2.53 bits per heavy atom. The fourth-order valence-corrected chi connectivity index (χ4v) is 2.39. The second kappa shape index (κ2) is 4.87. The smallest absolute Gasteiger partial charge is 0.256 e. The Labute approximate surface area is 109 Å². The molecule has 0 atom stereocenters. The average Bonchev–Trinajstić information content (AvgIpc) is 2.82. The number of aromatic hydroxyl groups is 1. The number of halogens is 1. The number of primary amides is 1. The van der Waals surface area contributed by atoms with Gasteiger partial charge in [0.2, 0.25) is 5.91 Å². The number of carbonyl (C=O) groups excluding carboxylic acids is 2. The number of benzene rings is 1.